The number of carbonyl (C=O) groups is 2. The second-order valence-corrected chi connectivity index (χ2v) is 9.19. The fourth-order valence-electron chi connectivity index (χ4n) is 4.04. The first kappa shape index (κ1) is 24.1. The quantitative estimate of drug-likeness (QED) is 0.261. The maximum Gasteiger partial charge on any atom is 0.412 e. The number of carboxylic acids is 1. The van der Waals surface area contributed by atoms with Gasteiger partial charge in [0, 0.05) is 5.56 Å². The van der Waals surface area contributed by atoms with Crippen molar-refractivity contribution in [2.24, 2.45) is 0 Å². The lowest BCUT2D eigenvalue weighted by molar-refractivity contribution is -0.136. The lowest BCUT2D eigenvalue weighted by Crippen LogP contribution is -2.16. The Bertz CT molecular complexity index is 1580. The molecular formula is C27H22N4O5S. The Morgan fingerprint density at radius 3 is 2.51 bits per heavy atom. The van der Waals surface area contributed by atoms with Gasteiger partial charge in [0.05, 0.1) is 16.7 Å². The van der Waals surface area contributed by atoms with Gasteiger partial charge in [0.15, 0.2) is 5.76 Å². The number of ether oxygens (including phenoxy) is 1. The van der Waals surface area contributed by atoms with Crippen LogP contribution in [0.1, 0.15) is 29.8 Å². The van der Waals surface area contributed by atoms with Gasteiger partial charge in [0.1, 0.15) is 23.0 Å². The van der Waals surface area contributed by atoms with Gasteiger partial charge in [-0.25, -0.2) is 4.79 Å². The zero-order valence-corrected chi connectivity index (χ0v) is 20.8. The summed E-state index contributed by atoms with van der Waals surface area (Å²) < 4.78 is 16.1. The van der Waals surface area contributed by atoms with Crippen LogP contribution in [0.5, 0.6) is 0 Å². The Kier molecular flexibility index (Phi) is 6.65. The molecule has 0 aliphatic carbocycles. The Hall–Kier alpha value is -4.57. The number of hydrogen-bond acceptors (Lipinski definition) is 8. The summed E-state index contributed by atoms with van der Waals surface area (Å²) in [6.45, 7) is 3.53. The fourth-order valence-corrected chi connectivity index (χ4v) is 4.76. The molecule has 0 saturated heterocycles. The number of carbonyl (C=O) groups excluding carboxylic acids is 1. The van der Waals surface area contributed by atoms with Crippen LogP contribution < -0.4 is 5.32 Å². The highest BCUT2D eigenvalue weighted by atomic mass is 32.1. The number of rotatable bonds is 7. The molecule has 0 aliphatic rings. The lowest BCUT2D eigenvalue weighted by atomic mass is 9.99. The molecule has 9 nitrogen and oxygen atoms in total. The van der Waals surface area contributed by atoms with Gasteiger partial charge in [-0.15, -0.1) is 5.10 Å². The Balaban J connectivity index is 1.43. The average molecular weight is 515 g/mol. The molecule has 0 spiro atoms. The van der Waals surface area contributed by atoms with Crippen molar-refractivity contribution in [3.05, 3.63) is 83.6 Å². The maximum atomic E-state index is 12.7. The van der Waals surface area contributed by atoms with Crippen molar-refractivity contribution in [1.29, 1.82) is 0 Å². The third kappa shape index (κ3) is 5.05. The van der Waals surface area contributed by atoms with Crippen LogP contribution in [0.15, 0.2) is 71.3 Å². The molecule has 5 rings (SSSR count). The zero-order chi connectivity index (χ0) is 25.9. The molecule has 3 aromatic carbocycles. The van der Waals surface area contributed by atoms with Crippen LogP contribution in [0, 0.1) is 6.92 Å². The number of aromatic nitrogens is 3. The van der Waals surface area contributed by atoms with E-state index in [0.717, 1.165) is 21.4 Å². The zero-order valence-electron chi connectivity index (χ0n) is 20.0. The Morgan fingerprint density at radius 1 is 1.05 bits per heavy atom. The van der Waals surface area contributed by atoms with E-state index in [-0.39, 0.29) is 6.42 Å². The molecule has 0 radical (unpaired) electrons. The standard InChI is InChI=1S/C27H22N4O5S/c1-15-23(28-27(34)35-16(2)18-6-4-3-5-7-18)25(36-30-15)21-13-12-20(26-24(21)29-31-37-26)19-10-8-17(9-11-19)14-22(32)33/h3-13,16H,14H2,1-2H3,(H,28,34)(H,32,33). The summed E-state index contributed by atoms with van der Waals surface area (Å²) in [5, 5.41) is 20.2. The molecule has 0 bridgehead atoms. The summed E-state index contributed by atoms with van der Waals surface area (Å²) in [7, 11) is 0. The summed E-state index contributed by atoms with van der Waals surface area (Å²) in [5.74, 6) is -0.529. The molecule has 2 aromatic heterocycles. The number of amides is 1. The van der Waals surface area contributed by atoms with Gasteiger partial charge < -0.3 is 14.4 Å². The van der Waals surface area contributed by atoms with Gasteiger partial charge in [-0.2, -0.15) is 0 Å². The van der Waals surface area contributed by atoms with E-state index >= 15 is 0 Å². The van der Waals surface area contributed by atoms with Crippen LogP contribution in [0.3, 0.4) is 0 Å². The SMILES string of the molecule is Cc1noc(-c2ccc(-c3ccc(CC(=O)O)cc3)c3snnc23)c1NC(=O)OC(C)c1ccccc1. The molecule has 5 aromatic rings. The van der Waals surface area contributed by atoms with Gasteiger partial charge in [-0.1, -0.05) is 70.3 Å². The van der Waals surface area contributed by atoms with E-state index in [0.29, 0.717) is 33.8 Å². The van der Waals surface area contributed by atoms with Gasteiger partial charge in [-0.05, 0) is 48.1 Å². The van der Waals surface area contributed by atoms with Crippen LogP contribution >= 0.6 is 11.5 Å². The van der Waals surface area contributed by atoms with Crippen LogP contribution in [-0.2, 0) is 16.0 Å². The highest BCUT2D eigenvalue weighted by Crippen LogP contribution is 2.40. The topological polar surface area (TPSA) is 127 Å². The molecule has 10 heteroatoms. The molecule has 2 heterocycles. The van der Waals surface area contributed by atoms with Crippen molar-refractivity contribution in [3.63, 3.8) is 0 Å². The molecule has 1 atom stereocenters. The number of fused-ring (bicyclic) bond motifs is 1. The van der Waals surface area contributed by atoms with Crippen molar-refractivity contribution < 1.29 is 24.0 Å². The Morgan fingerprint density at radius 2 is 1.78 bits per heavy atom. The highest BCUT2D eigenvalue weighted by Gasteiger charge is 2.23. The van der Waals surface area contributed by atoms with Crippen molar-refractivity contribution in [3.8, 4) is 22.5 Å². The Labute approximate surface area is 215 Å². The third-order valence-corrected chi connectivity index (χ3v) is 6.67. The van der Waals surface area contributed by atoms with Gasteiger partial charge in [-0.3, -0.25) is 10.1 Å². The van der Waals surface area contributed by atoms with Crippen molar-refractivity contribution in [2.75, 3.05) is 5.32 Å². The molecule has 0 aliphatic heterocycles. The van der Waals surface area contributed by atoms with Gasteiger partial charge in [0.2, 0.25) is 0 Å². The minimum Gasteiger partial charge on any atom is -0.481 e. The van der Waals surface area contributed by atoms with Crippen LogP contribution in [-0.4, -0.2) is 31.9 Å². The summed E-state index contributed by atoms with van der Waals surface area (Å²) in [6.07, 6.45) is -1.11. The number of carboxylic acid groups (broad SMARTS) is 1. The largest absolute Gasteiger partial charge is 0.481 e. The van der Waals surface area contributed by atoms with Crippen molar-refractivity contribution in [2.45, 2.75) is 26.4 Å². The fraction of sp³-hybridized carbons (Fsp3) is 0.148. The number of nitrogens with zero attached hydrogens (tertiary/aromatic N) is 3. The summed E-state index contributed by atoms with van der Waals surface area (Å²) in [6, 6.07) is 20.5. The maximum absolute atomic E-state index is 12.7. The molecule has 2 N–H and O–H groups in total. The van der Waals surface area contributed by atoms with Crippen LogP contribution in [0.2, 0.25) is 0 Å². The first-order chi connectivity index (χ1) is 17.9. The van der Waals surface area contributed by atoms with Crippen molar-refractivity contribution >= 4 is 39.5 Å². The van der Waals surface area contributed by atoms with E-state index in [4.69, 9.17) is 14.4 Å². The smallest absolute Gasteiger partial charge is 0.412 e. The lowest BCUT2D eigenvalue weighted by Gasteiger charge is -2.14. The highest BCUT2D eigenvalue weighted by molar-refractivity contribution is 7.13. The molecule has 37 heavy (non-hydrogen) atoms. The predicted octanol–water partition coefficient (Wildman–Crippen LogP) is 6.26. The number of anilines is 1. The second-order valence-electron chi connectivity index (χ2n) is 8.43. The third-order valence-electron chi connectivity index (χ3n) is 5.91. The van der Waals surface area contributed by atoms with Crippen LogP contribution in [0.4, 0.5) is 10.5 Å². The number of aliphatic carboxylic acids is 1. The number of hydrogen-bond donors (Lipinski definition) is 2. The predicted molar refractivity (Wildman–Crippen MR) is 139 cm³/mol. The molecule has 1 unspecified atom stereocenters. The minimum atomic E-state index is -0.878. The van der Waals surface area contributed by atoms with E-state index < -0.39 is 18.2 Å². The van der Waals surface area contributed by atoms with E-state index in [1.54, 1.807) is 26.0 Å². The summed E-state index contributed by atoms with van der Waals surface area (Å²) in [4.78, 5) is 23.7. The first-order valence-electron chi connectivity index (χ1n) is 11.5. The molecule has 186 valence electrons. The van der Waals surface area contributed by atoms with Gasteiger partial charge in [0.25, 0.3) is 0 Å². The van der Waals surface area contributed by atoms with Crippen molar-refractivity contribution in [1.82, 2.24) is 14.7 Å². The van der Waals surface area contributed by atoms with E-state index in [1.165, 1.54) is 11.5 Å². The number of nitrogens with one attached hydrogen (secondary N) is 1. The number of benzene rings is 3. The average Bonchev–Trinajstić information content (AvgIpc) is 3.52. The first-order valence-corrected chi connectivity index (χ1v) is 12.2. The molecular weight excluding hydrogens is 492 g/mol. The minimum absolute atomic E-state index is 0.0378. The summed E-state index contributed by atoms with van der Waals surface area (Å²) >= 11 is 1.24. The molecule has 0 fully saturated rings. The van der Waals surface area contributed by atoms with E-state index in [2.05, 4.69) is 20.1 Å². The molecule has 0 saturated carbocycles. The second kappa shape index (κ2) is 10.2. The number of aryl methyl sites for hydroxylation is 1. The van der Waals surface area contributed by atoms with E-state index in [1.807, 2.05) is 54.6 Å². The molecule has 1 amide bonds. The van der Waals surface area contributed by atoms with E-state index in [9.17, 15) is 9.59 Å². The van der Waals surface area contributed by atoms with Gasteiger partial charge >= 0.3 is 12.1 Å². The summed E-state index contributed by atoms with van der Waals surface area (Å²) in [5.41, 5.74) is 5.51. The van der Waals surface area contributed by atoms with Crippen LogP contribution in [0.25, 0.3) is 32.7 Å². The normalized spacial score (nSPS) is 11.8. The monoisotopic (exact) mass is 514 g/mol.